The van der Waals surface area contributed by atoms with E-state index >= 15 is 0 Å². The van der Waals surface area contributed by atoms with Gasteiger partial charge >= 0.3 is 0 Å². The monoisotopic (exact) mass is 411 g/mol. The Morgan fingerprint density at radius 3 is 2.41 bits per heavy atom. The van der Waals surface area contributed by atoms with Crippen molar-refractivity contribution in [3.05, 3.63) is 35.9 Å². The van der Waals surface area contributed by atoms with Gasteiger partial charge in [0, 0.05) is 20.1 Å². The predicted molar refractivity (Wildman–Crippen MR) is 106 cm³/mol. The van der Waals surface area contributed by atoms with E-state index in [2.05, 4.69) is 5.32 Å². The summed E-state index contributed by atoms with van der Waals surface area (Å²) in [6, 6.07) is 9.15. The molecule has 1 saturated heterocycles. The molecule has 1 amide bonds. The van der Waals surface area contributed by atoms with E-state index in [4.69, 9.17) is 14.2 Å². The fourth-order valence-corrected chi connectivity index (χ4v) is 3.24. The third kappa shape index (κ3) is 8.00. The Balaban J connectivity index is 1.61. The van der Waals surface area contributed by atoms with E-state index in [0.717, 1.165) is 31.2 Å². The van der Waals surface area contributed by atoms with Gasteiger partial charge in [-0.1, -0.05) is 43.2 Å². The van der Waals surface area contributed by atoms with Crippen molar-refractivity contribution in [1.29, 1.82) is 0 Å². The van der Waals surface area contributed by atoms with Crippen molar-refractivity contribution in [1.82, 2.24) is 5.32 Å². The molecule has 29 heavy (non-hydrogen) atoms. The van der Waals surface area contributed by atoms with Crippen LogP contribution in [-0.2, 0) is 25.6 Å². The Morgan fingerprint density at radius 1 is 1.07 bits per heavy atom. The molecular weight excluding hydrogens is 378 g/mol. The second kappa shape index (κ2) is 12.9. The summed E-state index contributed by atoms with van der Waals surface area (Å²) in [6.45, 7) is 2.57. The number of ether oxygens (including phenoxy) is 3. The van der Waals surface area contributed by atoms with E-state index < -0.39 is 37.3 Å². The number of aliphatic hydroxyl groups is 3. The Kier molecular flexibility index (Phi) is 10.5. The number of benzene rings is 1. The lowest BCUT2D eigenvalue weighted by Crippen LogP contribution is -2.64. The van der Waals surface area contributed by atoms with Crippen LogP contribution in [0.3, 0.4) is 0 Å². The average Bonchev–Trinajstić information content (AvgIpc) is 2.72. The van der Waals surface area contributed by atoms with Gasteiger partial charge in [-0.15, -0.1) is 0 Å². The molecule has 0 radical (unpaired) electrons. The summed E-state index contributed by atoms with van der Waals surface area (Å²) in [7, 11) is 0. The number of unbranched alkanes of at least 4 members (excludes halogenated alkanes) is 3. The van der Waals surface area contributed by atoms with E-state index in [-0.39, 0.29) is 5.91 Å². The molecule has 0 aliphatic carbocycles. The minimum absolute atomic E-state index is 0.364. The third-order valence-corrected chi connectivity index (χ3v) is 4.83. The highest BCUT2D eigenvalue weighted by Crippen LogP contribution is 2.22. The Bertz CT molecular complexity index is 586. The molecule has 1 fully saturated rings. The summed E-state index contributed by atoms with van der Waals surface area (Å²) in [5.74, 6) is -0.364. The SMILES string of the molecule is CC(=O)NC1C(OCCCCCCOCc2ccccc2)OC(CO)C(O)C1O. The number of rotatable bonds is 12. The van der Waals surface area contributed by atoms with Gasteiger partial charge in [-0.2, -0.15) is 0 Å². The zero-order valence-corrected chi connectivity index (χ0v) is 16.9. The van der Waals surface area contributed by atoms with E-state index in [1.165, 1.54) is 6.92 Å². The van der Waals surface area contributed by atoms with Crippen molar-refractivity contribution in [2.24, 2.45) is 0 Å². The van der Waals surface area contributed by atoms with Crippen LogP contribution in [-0.4, -0.2) is 71.7 Å². The fourth-order valence-electron chi connectivity index (χ4n) is 3.24. The molecule has 8 heteroatoms. The highest BCUT2D eigenvalue weighted by Gasteiger charge is 2.45. The smallest absolute Gasteiger partial charge is 0.217 e. The van der Waals surface area contributed by atoms with Crippen LogP contribution in [0.1, 0.15) is 38.2 Å². The summed E-state index contributed by atoms with van der Waals surface area (Å²) < 4.78 is 16.9. The van der Waals surface area contributed by atoms with Crippen LogP contribution in [0, 0.1) is 0 Å². The third-order valence-electron chi connectivity index (χ3n) is 4.83. The molecule has 0 bridgehead atoms. The minimum atomic E-state index is -1.30. The van der Waals surface area contributed by atoms with Gasteiger partial charge in [0.1, 0.15) is 24.4 Å². The van der Waals surface area contributed by atoms with Crippen LogP contribution in [0.4, 0.5) is 0 Å². The van der Waals surface area contributed by atoms with Gasteiger partial charge in [0.2, 0.25) is 5.91 Å². The highest BCUT2D eigenvalue weighted by atomic mass is 16.7. The first-order valence-corrected chi connectivity index (χ1v) is 10.2. The Morgan fingerprint density at radius 2 is 1.76 bits per heavy atom. The standard InChI is InChI=1S/C21H33NO7/c1-15(24)22-18-20(26)19(25)17(13-23)29-21(18)28-12-8-3-2-7-11-27-14-16-9-5-4-6-10-16/h4-6,9-10,17-21,23,25-26H,2-3,7-8,11-14H2,1H3,(H,22,24). The second-order valence-electron chi connectivity index (χ2n) is 7.26. The molecular formula is C21H33NO7. The number of carbonyl (C=O) groups is 1. The summed E-state index contributed by atoms with van der Waals surface area (Å²) >= 11 is 0. The molecule has 4 N–H and O–H groups in total. The van der Waals surface area contributed by atoms with E-state index in [1.54, 1.807) is 0 Å². The summed E-state index contributed by atoms with van der Waals surface area (Å²) in [4.78, 5) is 11.4. The Hall–Kier alpha value is -1.55. The molecule has 0 aromatic heterocycles. The van der Waals surface area contributed by atoms with Crippen LogP contribution in [0.15, 0.2) is 30.3 Å². The van der Waals surface area contributed by atoms with Gasteiger partial charge in [0.25, 0.3) is 0 Å². The van der Waals surface area contributed by atoms with Crippen molar-refractivity contribution in [3.8, 4) is 0 Å². The number of aliphatic hydroxyl groups excluding tert-OH is 3. The number of amides is 1. The molecule has 164 valence electrons. The quantitative estimate of drug-likeness (QED) is 0.375. The topological polar surface area (TPSA) is 117 Å². The average molecular weight is 411 g/mol. The fraction of sp³-hybridized carbons (Fsp3) is 0.667. The molecule has 5 atom stereocenters. The molecule has 0 saturated carbocycles. The van der Waals surface area contributed by atoms with Crippen molar-refractivity contribution in [2.75, 3.05) is 19.8 Å². The maximum atomic E-state index is 11.4. The van der Waals surface area contributed by atoms with Gasteiger partial charge in [-0.05, 0) is 18.4 Å². The van der Waals surface area contributed by atoms with Gasteiger partial charge in [0.05, 0.1) is 13.2 Å². The summed E-state index contributed by atoms with van der Waals surface area (Å²) in [6.07, 6.45) is -0.776. The lowest BCUT2D eigenvalue weighted by atomic mass is 9.97. The van der Waals surface area contributed by atoms with E-state index in [1.807, 2.05) is 30.3 Å². The molecule has 1 aromatic carbocycles. The van der Waals surface area contributed by atoms with E-state index in [0.29, 0.717) is 19.8 Å². The van der Waals surface area contributed by atoms with Gasteiger partial charge in [0.15, 0.2) is 6.29 Å². The molecule has 0 spiro atoms. The lowest BCUT2D eigenvalue weighted by molar-refractivity contribution is -0.270. The van der Waals surface area contributed by atoms with Gasteiger partial charge in [-0.3, -0.25) is 4.79 Å². The normalized spacial score (nSPS) is 27.0. The summed E-state index contributed by atoms with van der Waals surface area (Å²) in [5.41, 5.74) is 1.16. The molecule has 8 nitrogen and oxygen atoms in total. The molecule has 1 heterocycles. The van der Waals surface area contributed by atoms with Crippen LogP contribution in [0.25, 0.3) is 0 Å². The summed E-state index contributed by atoms with van der Waals surface area (Å²) in [5, 5.41) is 32.0. The van der Waals surface area contributed by atoms with Gasteiger partial charge in [-0.25, -0.2) is 0 Å². The van der Waals surface area contributed by atoms with Crippen molar-refractivity contribution in [2.45, 2.75) is 69.9 Å². The molecule has 1 aliphatic heterocycles. The maximum absolute atomic E-state index is 11.4. The first-order valence-electron chi connectivity index (χ1n) is 10.2. The largest absolute Gasteiger partial charge is 0.394 e. The first kappa shape index (κ1) is 23.7. The first-order chi connectivity index (χ1) is 14.0. The van der Waals surface area contributed by atoms with Crippen molar-refractivity contribution >= 4 is 5.91 Å². The van der Waals surface area contributed by atoms with Crippen molar-refractivity contribution in [3.63, 3.8) is 0 Å². The molecule has 1 aliphatic rings. The van der Waals surface area contributed by atoms with Crippen molar-refractivity contribution < 1.29 is 34.3 Å². The molecule has 5 unspecified atom stereocenters. The Labute approximate surface area is 171 Å². The van der Waals surface area contributed by atoms with Gasteiger partial charge < -0.3 is 34.8 Å². The highest BCUT2D eigenvalue weighted by molar-refractivity contribution is 5.73. The maximum Gasteiger partial charge on any atom is 0.217 e. The number of carbonyl (C=O) groups excluding carboxylic acids is 1. The second-order valence-corrected chi connectivity index (χ2v) is 7.26. The van der Waals surface area contributed by atoms with Crippen LogP contribution in [0.2, 0.25) is 0 Å². The zero-order chi connectivity index (χ0) is 21.1. The molecule has 1 aromatic rings. The minimum Gasteiger partial charge on any atom is -0.394 e. The van der Waals surface area contributed by atoms with Crippen LogP contribution < -0.4 is 5.32 Å². The van der Waals surface area contributed by atoms with Crippen LogP contribution >= 0.6 is 0 Å². The number of hydrogen-bond donors (Lipinski definition) is 4. The lowest BCUT2D eigenvalue weighted by Gasteiger charge is -2.42. The zero-order valence-electron chi connectivity index (χ0n) is 16.9. The van der Waals surface area contributed by atoms with E-state index in [9.17, 15) is 20.1 Å². The number of hydrogen-bond acceptors (Lipinski definition) is 7. The number of nitrogens with one attached hydrogen (secondary N) is 1. The molecule has 2 rings (SSSR count). The predicted octanol–water partition coefficient (Wildman–Crippen LogP) is 0.724. The van der Waals surface area contributed by atoms with Crippen LogP contribution in [0.5, 0.6) is 0 Å².